The van der Waals surface area contributed by atoms with Gasteiger partial charge in [0.1, 0.15) is 5.76 Å². The first-order valence-electron chi connectivity index (χ1n) is 5.49. The SMILES string of the molecule is Cc1ccc2cc(CNC(C)C)oc2c1F. The average Bonchev–Trinajstić information content (AvgIpc) is 2.64. The lowest BCUT2D eigenvalue weighted by Crippen LogP contribution is -2.21. The number of furan rings is 1. The average molecular weight is 221 g/mol. The number of rotatable bonds is 3. The van der Waals surface area contributed by atoms with Crippen LogP contribution < -0.4 is 5.32 Å². The lowest BCUT2D eigenvalue weighted by atomic mass is 10.2. The van der Waals surface area contributed by atoms with Gasteiger partial charge in [0.05, 0.1) is 6.54 Å². The molecule has 0 atom stereocenters. The summed E-state index contributed by atoms with van der Waals surface area (Å²) in [7, 11) is 0. The Morgan fingerprint density at radius 3 is 2.81 bits per heavy atom. The van der Waals surface area contributed by atoms with Gasteiger partial charge in [-0.3, -0.25) is 0 Å². The maximum atomic E-state index is 13.7. The minimum Gasteiger partial charge on any atom is -0.457 e. The fraction of sp³-hybridized carbons (Fsp3) is 0.385. The van der Waals surface area contributed by atoms with E-state index in [9.17, 15) is 4.39 Å². The Hall–Kier alpha value is -1.35. The smallest absolute Gasteiger partial charge is 0.170 e. The van der Waals surface area contributed by atoms with Gasteiger partial charge in [-0.15, -0.1) is 0 Å². The molecule has 16 heavy (non-hydrogen) atoms. The van der Waals surface area contributed by atoms with Gasteiger partial charge in [-0.25, -0.2) is 4.39 Å². The highest BCUT2D eigenvalue weighted by atomic mass is 19.1. The van der Waals surface area contributed by atoms with Crippen LogP contribution in [0.3, 0.4) is 0 Å². The fourth-order valence-electron chi connectivity index (χ4n) is 1.61. The standard InChI is InChI=1S/C13H16FNO/c1-8(2)15-7-11-6-10-5-4-9(3)12(14)13(10)16-11/h4-6,8,15H,7H2,1-3H3. The molecule has 2 rings (SSSR count). The van der Waals surface area contributed by atoms with E-state index in [1.807, 2.05) is 12.1 Å². The highest BCUT2D eigenvalue weighted by Crippen LogP contribution is 2.24. The summed E-state index contributed by atoms with van der Waals surface area (Å²) in [5, 5.41) is 4.06. The van der Waals surface area contributed by atoms with E-state index < -0.39 is 0 Å². The Bertz CT molecular complexity index is 502. The number of nitrogens with one attached hydrogen (secondary N) is 1. The highest BCUT2D eigenvalue weighted by Gasteiger charge is 2.10. The van der Waals surface area contributed by atoms with Gasteiger partial charge in [-0.2, -0.15) is 0 Å². The molecule has 0 radical (unpaired) electrons. The van der Waals surface area contributed by atoms with Gasteiger partial charge in [0.2, 0.25) is 0 Å². The van der Waals surface area contributed by atoms with E-state index >= 15 is 0 Å². The maximum absolute atomic E-state index is 13.7. The van der Waals surface area contributed by atoms with Crippen LogP contribution in [0.15, 0.2) is 22.6 Å². The van der Waals surface area contributed by atoms with Crippen molar-refractivity contribution >= 4 is 11.0 Å². The van der Waals surface area contributed by atoms with Gasteiger partial charge >= 0.3 is 0 Å². The van der Waals surface area contributed by atoms with E-state index in [0.717, 1.165) is 11.1 Å². The minimum atomic E-state index is -0.256. The van der Waals surface area contributed by atoms with Crippen LogP contribution >= 0.6 is 0 Å². The number of halogens is 1. The lowest BCUT2D eigenvalue weighted by Gasteiger charge is -2.04. The van der Waals surface area contributed by atoms with Gasteiger partial charge in [0.25, 0.3) is 0 Å². The predicted octanol–water partition coefficient (Wildman–Crippen LogP) is 3.38. The third-order valence-electron chi connectivity index (χ3n) is 2.55. The summed E-state index contributed by atoms with van der Waals surface area (Å²) in [6, 6.07) is 5.93. The summed E-state index contributed by atoms with van der Waals surface area (Å²) in [6.45, 7) is 6.49. The first-order chi connectivity index (χ1) is 7.58. The van der Waals surface area contributed by atoms with E-state index in [-0.39, 0.29) is 5.82 Å². The normalized spacial score (nSPS) is 11.6. The third-order valence-corrected chi connectivity index (χ3v) is 2.55. The quantitative estimate of drug-likeness (QED) is 0.859. The second-order valence-electron chi connectivity index (χ2n) is 4.36. The molecule has 1 aromatic heterocycles. The molecule has 0 bridgehead atoms. The van der Waals surface area contributed by atoms with Crippen LogP contribution in [0.5, 0.6) is 0 Å². The van der Waals surface area contributed by atoms with Crippen molar-refractivity contribution in [1.29, 1.82) is 0 Å². The summed E-state index contributed by atoms with van der Waals surface area (Å²) >= 11 is 0. The molecule has 1 heterocycles. The molecule has 0 saturated heterocycles. The molecule has 3 heteroatoms. The Labute approximate surface area is 94.4 Å². The first kappa shape index (κ1) is 11.1. The molecule has 1 N–H and O–H groups in total. The van der Waals surface area contributed by atoms with E-state index in [0.29, 0.717) is 23.7 Å². The van der Waals surface area contributed by atoms with E-state index in [1.165, 1.54) is 0 Å². The molecule has 0 spiro atoms. The summed E-state index contributed by atoms with van der Waals surface area (Å²) in [5.41, 5.74) is 0.978. The van der Waals surface area contributed by atoms with Gasteiger partial charge in [0.15, 0.2) is 11.4 Å². The van der Waals surface area contributed by atoms with Crippen molar-refractivity contribution < 1.29 is 8.81 Å². The minimum absolute atomic E-state index is 0.256. The summed E-state index contributed by atoms with van der Waals surface area (Å²) < 4.78 is 19.2. The molecule has 0 saturated carbocycles. The molecule has 2 aromatic rings. The topological polar surface area (TPSA) is 25.2 Å². The van der Waals surface area contributed by atoms with Crippen molar-refractivity contribution in [2.45, 2.75) is 33.4 Å². The van der Waals surface area contributed by atoms with E-state index in [4.69, 9.17) is 4.42 Å². The molecule has 1 aromatic carbocycles. The largest absolute Gasteiger partial charge is 0.457 e. The second kappa shape index (κ2) is 4.26. The van der Waals surface area contributed by atoms with Crippen LogP contribution in [0.25, 0.3) is 11.0 Å². The van der Waals surface area contributed by atoms with Crippen LogP contribution in [0, 0.1) is 12.7 Å². The zero-order valence-corrected chi connectivity index (χ0v) is 9.80. The monoisotopic (exact) mass is 221 g/mol. The van der Waals surface area contributed by atoms with Crippen LogP contribution in [0.2, 0.25) is 0 Å². The van der Waals surface area contributed by atoms with E-state index in [1.54, 1.807) is 13.0 Å². The van der Waals surface area contributed by atoms with Gasteiger partial charge in [-0.05, 0) is 18.6 Å². The Balaban J connectivity index is 2.33. The lowest BCUT2D eigenvalue weighted by molar-refractivity contribution is 0.475. The van der Waals surface area contributed by atoms with Crippen molar-refractivity contribution in [2.24, 2.45) is 0 Å². The Morgan fingerprint density at radius 1 is 1.38 bits per heavy atom. The van der Waals surface area contributed by atoms with Crippen LogP contribution in [0.4, 0.5) is 4.39 Å². The molecular weight excluding hydrogens is 205 g/mol. The van der Waals surface area contributed by atoms with Crippen LogP contribution in [-0.2, 0) is 6.54 Å². The molecule has 0 amide bonds. The summed E-state index contributed by atoms with van der Waals surface area (Å²) in [4.78, 5) is 0. The number of hydrogen-bond donors (Lipinski definition) is 1. The van der Waals surface area contributed by atoms with Crippen molar-refractivity contribution in [2.75, 3.05) is 0 Å². The third kappa shape index (κ3) is 2.09. The Kier molecular flexibility index (Phi) is 2.97. The van der Waals surface area contributed by atoms with Gasteiger partial charge in [-0.1, -0.05) is 26.0 Å². The van der Waals surface area contributed by atoms with Crippen molar-refractivity contribution in [3.8, 4) is 0 Å². The van der Waals surface area contributed by atoms with Crippen LogP contribution in [-0.4, -0.2) is 6.04 Å². The number of benzene rings is 1. The zero-order chi connectivity index (χ0) is 11.7. The first-order valence-corrected chi connectivity index (χ1v) is 5.49. The van der Waals surface area contributed by atoms with Gasteiger partial charge in [0, 0.05) is 11.4 Å². The predicted molar refractivity (Wildman–Crippen MR) is 62.9 cm³/mol. The molecule has 0 fully saturated rings. The van der Waals surface area contributed by atoms with Crippen LogP contribution in [0.1, 0.15) is 25.2 Å². The van der Waals surface area contributed by atoms with Crippen molar-refractivity contribution in [1.82, 2.24) is 5.32 Å². The fourth-order valence-corrected chi connectivity index (χ4v) is 1.61. The second-order valence-corrected chi connectivity index (χ2v) is 4.36. The number of fused-ring (bicyclic) bond motifs is 1. The number of aryl methyl sites for hydroxylation is 1. The highest BCUT2D eigenvalue weighted by molar-refractivity contribution is 5.79. The summed E-state index contributed by atoms with van der Waals surface area (Å²) in [6.07, 6.45) is 0. The van der Waals surface area contributed by atoms with Crippen molar-refractivity contribution in [3.63, 3.8) is 0 Å². The van der Waals surface area contributed by atoms with Crippen molar-refractivity contribution in [3.05, 3.63) is 35.3 Å². The summed E-state index contributed by atoms with van der Waals surface area (Å²) in [5.74, 6) is 0.515. The molecule has 0 aliphatic rings. The Morgan fingerprint density at radius 2 is 2.12 bits per heavy atom. The molecule has 0 unspecified atom stereocenters. The van der Waals surface area contributed by atoms with Gasteiger partial charge < -0.3 is 9.73 Å². The number of hydrogen-bond acceptors (Lipinski definition) is 2. The molecule has 86 valence electrons. The maximum Gasteiger partial charge on any atom is 0.170 e. The molecule has 0 aliphatic carbocycles. The molecular formula is C13H16FNO. The van der Waals surface area contributed by atoms with E-state index in [2.05, 4.69) is 19.2 Å². The molecule has 2 nitrogen and oxygen atoms in total. The zero-order valence-electron chi connectivity index (χ0n) is 9.80. The molecule has 0 aliphatic heterocycles.